The molecule has 0 atom stereocenters. The van der Waals surface area contributed by atoms with Gasteiger partial charge in [0, 0.05) is 5.41 Å². The van der Waals surface area contributed by atoms with Crippen molar-refractivity contribution in [3.05, 3.63) is 11.2 Å². The van der Waals surface area contributed by atoms with Crippen molar-refractivity contribution in [3.63, 3.8) is 0 Å². The van der Waals surface area contributed by atoms with Gasteiger partial charge in [0.2, 0.25) is 0 Å². The van der Waals surface area contributed by atoms with E-state index in [4.69, 9.17) is 4.18 Å². The van der Waals surface area contributed by atoms with Gasteiger partial charge in [-0.15, -0.1) is 0 Å². The first kappa shape index (κ1) is 4.40. The van der Waals surface area contributed by atoms with Gasteiger partial charge in [-0.05, 0) is 17.7 Å². The summed E-state index contributed by atoms with van der Waals surface area (Å²) in [6.45, 7) is 1.94. The molecule has 0 saturated heterocycles. The molecule has 0 aliphatic carbocycles. The largest absolute Gasteiger partial charge is 0.418 e. The molecule has 1 nitrogen and oxygen atoms in total. The Bertz CT molecular complexity index is 78.9. The van der Waals surface area contributed by atoms with E-state index in [0.29, 0.717) is 0 Å². The molecule has 0 aromatic heterocycles. The van der Waals surface area contributed by atoms with Gasteiger partial charge < -0.3 is 4.18 Å². The zero-order chi connectivity index (χ0) is 4.41. The van der Waals surface area contributed by atoms with Crippen molar-refractivity contribution < 1.29 is 4.18 Å². The van der Waals surface area contributed by atoms with E-state index < -0.39 is 0 Å². The van der Waals surface area contributed by atoms with E-state index >= 15 is 0 Å². The van der Waals surface area contributed by atoms with Gasteiger partial charge >= 0.3 is 0 Å². The first-order chi connectivity index (χ1) is 2.89. The quantitative estimate of drug-likeness (QED) is 0.358. The Kier molecular flexibility index (Phi) is 1.32. The van der Waals surface area contributed by atoms with Gasteiger partial charge in [0.1, 0.15) is 16.8 Å². The number of rotatable bonds is 0. The molecule has 1 rings (SSSR count). The van der Waals surface area contributed by atoms with Crippen molar-refractivity contribution in [1.29, 1.82) is 0 Å². The zero-order valence-electron chi connectivity index (χ0n) is 3.30. The summed E-state index contributed by atoms with van der Waals surface area (Å²) >= 11 is 1.41. The van der Waals surface area contributed by atoms with Gasteiger partial charge in [-0.1, -0.05) is 0 Å². The molecule has 0 bridgehead atoms. The Labute approximate surface area is 44.7 Å². The topological polar surface area (TPSA) is 9.23 Å². The van der Waals surface area contributed by atoms with Crippen LogP contribution in [0.1, 0.15) is 6.92 Å². The van der Waals surface area contributed by atoms with E-state index in [1.807, 2.05) is 12.3 Å². The summed E-state index contributed by atoms with van der Waals surface area (Å²) in [7, 11) is 1.61. The summed E-state index contributed by atoms with van der Waals surface area (Å²) in [5, 5.41) is 1.98. The molecule has 0 fully saturated rings. The Morgan fingerprint density at radius 2 is 2.67 bits per heavy atom. The zero-order valence-corrected chi connectivity index (χ0v) is 4.94. The van der Waals surface area contributed by atoms with E-state index in [1.165, 1.54) is 11.1 Å². The minimum atomic E-state index is 1.00. The second-order valence-electron chi connectivity index (χ2n) is 0.976. The highest BCUT2D eigenvalue weighted by Crippen LogP contribution is 2.34. The Hall–Kier alpha value is 0.240. The lowest BCUT2D eigenvalue weighted by molar-refractivity contribution is 0.515. The van der Waals surface area contributed by atoms with Crippen LogP contribution in [0.15, 0.2) is 11.2 Å². The molecule has 34 valence electrons. The summed E-state index contributed by atoms with van der Waals surface area (Å²) in [5.41, 5.74) is 0. The fourth-order valence-electron chi connectivity index (χ4n) is 0.180. The third kappa shape index (κ3) is 0.849. The van der Waals surface area contributed by atoms with Crippen LogP contribution in [-0.4, -0.2) is 0 Å². The first-order valence-corrected chi connectivity index (χ1v) is 3.70. The van der Waals surface area contributed by atoms with Crippen molar-refractivity contribution in [2.75, 3.05) is 0 Å². The Balaban J connectivity index is 2.45. The third-order valence-corrected chi connectivity index (χ3v) is 1.98. The average molecular weight is 120 g/mol. The number of allylic oxidation sites excluding steroid dienone is 1. The van der Waals surface area contributed by atoms with Crippen LogP contribution in [0, 0.1) is 0 Å². The smallest absolute Gasteiger partial charge is 0.130 e. The number of hydrogen-bond donors (Lipinski definition) is 0. The van der Waals surface area contributed by atoms with E-state index in [-0.39, 0.29) is 0 Å². The second-order valence-corrected chi connectivity index (χ2v) is 2.69. The summed E-state index contributed by atoms with van der Waals surface area (Å²) in [4.78, 5) is 0. The maximum Gasteiger partial charge on any atom is 0.130 e. The molecule has 0 unspecified atom stereocenters. The monoisotopic (exact) mass is 120 g/mol. The summed E-state index contributed by atoms with van der Waals surface area (Å²) < 4.78 is 4.89. The first-order valence-electron chi connectivity index (χ1n) is 1.56. The lowest BCUT2D eigenvalue weighted by atomic mass is 10.7. The molecule has 0 aromatic rings. The highest BCUT2D eigenvalue weighted by atomic mass is 33.1. The predicted molar refractivity (Wildman–Crippen MR) is 30.0 cm³/mol. The SMILES string of the molecule is CC1=CSSO1. The van der Waals surface area contributed by atoms with Gasteiger partial charge in [0.15, 0.2) is 0 Å². The van der Waals surface area contributed by atoms with Crippen LogP contribution in [0.4, 0.5) is 0 Å². The molecule has 0 N–H and O–H groups in total. The van der Waals surface area contributed by atoms with Gasteiger partial charge in [0.05, 0.1) is 0 Å². The lowest BCUT2D eigenvalue weighted by Crippen LogP contribution is -1.61. The molecule has 3 heteroatoms. The molecular formula is C3H4OS2. The van der Waals surface area contributed by atoms with Gasteiger partial charge in [-0.2, -0.15) is 0 Å². The maximum atomic E-state index is 4.89. The Morgan fingerprint density at radius 1 is 1.83 bits per heavy atom. The van der Waals surface area contributed by atoms with E-state index in [0.717, 1.165) is 5.76 Å². The molecule has 1 aliphatic rings. The summed E-state index contributed by atoms with van der Waals surface area (Å²) in [6, 6.07) is 0. The van der Waals surface area contributed by atoms with E-state index in [2.05, 4.69) is 0 Å². The Morgan fingerprint density at radius 3 is 2.83 bits per heavy atom. The third-order valence-electron chi connectivity index (χ3n) is 0.419. The molecule has 0 amide bonds. The molecule has 0 aromatic carbocycles. The minimum absolute atomic E-state index is 1.00. The van der Waals surface area contributed by atoms with Crippen LogP contribution in [0.5, 0.6) is 0 Å². The van der Waals surface area contributed by atoms with E-state index in [9.17, 15) is 0 Å². The van der Waals surface area contributed by atoms with Gasteiger partial charge in [-0.25, -0.2) is 0 Å². The van der Waals surface area contributed by atoms with Crippen LogP contribution in [0.25, 0.3) is 0 Å². The molecule has 0 saturated carbocycles. The van der Waals surface area contributed by atoms with Crippen molar-refractivity contribution in [1.82, 2.24) is 0 Å². The molecule has 6 heavy (non-hydrogen) atoms. The van der Waals surface area contributed by atoms with Crippen molar-refractivity contribution >= 4 is 21.9 Å². The van der Waals surface area contributed by atoms with Crippen molar-refractivity contribution in [2.45, 2.75) is 6.92 Å². The maximum absolute atomic E-state index is 4.89. The van der Waals surface area contributed by atoms with Crippen LogP contribution in [0.2, 0.25) is 0 Å². The standard InChI is InChI=1S/C3H4OS2/c1-3-2-5-6-4-3/h2H,1H3. The highest BCUT2D eigenvalue weighted by Gasteiger charge is 1.98. The molecular weight excluding hydrogens is 116 g/mol. The molecule has 1 heterocycles. The minimum Gasteiger partial charge on any atom is -0.418 e. The van der Waals surface area contributed by atoms with Crippen LogP contribution in [0.3, 0.4) is 0 Å². The fourth-order valence-corrected chi connectivity index (χ4v) is 1.62. The van der Waals surface area contributed by atoms with Crippen LogP contribution in [-0.2, 0) is 4.18 Å². The normalized spacial score (nSPS) is 19.8. The molecule has 0 spiro atoms. The van der Waals surface area contributed by atoms with Crippen molar-refractivity contribution in [3.8, 4) is 0 Å². The summed E-state index contributed by atoms with van der Waals surface area (Å²) in [6.07, 6.45) is 0. The molecule has 0 radical (unpaired) electrons. The van der Waals surface area contributed by atoms with E-state index in [1.54, 1.807) is 10.8 Å². The van der Waals surface area contributed by atoms with Gasteiger partial charge in [0.25, 0.3) is 0 Å². The fraction of sp³-hybridized carbons (Fsp3) is 0.333. The van der Waals surface area contributed by atoms with Gasteiger partial charge in [-0.3, -0.25) is 0 Å². The highest BCUT2D eigenvalue weighted by molar-refractivity contribution is 8.76. The number of hydrogen-bond acceptors (Lipinski definition) is 3. The summed E-state index contributed by atoms with van der Waals surface area (Å²) in [5.74, 6) is 1.00. The predicted octanol–water partition coefficient (Wildman–Crippen LogP) is 2.17. The van der Waals surface area contributed by atoms with Crippen LogP contribution >= 0.6 is 21.9 Å². The second kappa shape index (κ2) is 1.80. The van der Waals surface area contributed by atoms with Crippen molar-refractivity contribution in [2.24, 2.45) is 0 Å². The molecule has 1 aliphatic heterocycles. The van der Waals surface area contributed by atoms with Crippen LogP contribution < -0.4 is 0 Å². The lowest BCUT2D eigenvalue weighted by Gasteiger charge is -1.84. The average Bonchev–Trinajstić information content (AvgIpc) is 1.86.